The van der Waals surface area contributed by atoms with Gasteiger partial charge in [0.25, 0.3) is 0 Å². The van der Waals surface area contributed by atoms with Gasteiger partial charge in [-0.15, -0.1) is 0 Å². The minimum atomic E-state index is -0.0784. The lowest BCUT2D eigenvalue weighted by molar-refractivity contribution is 0.777. The fraction of sp³-hybridized carbons (Fsp3) is 0.333. The lowest BCUT2D eigenvalue weighted by Crippen LogP contribution is -2.08. The first kappa shape index (κ1) is 6.95. The van der Waals surface area contributed by atoms with Crippen LogP contribution in [-0.4, -0.2) is 9.97 Å². The summed E-state index contributed by atoms with van der Waals surface area (Å²) in [4.78, 5) is 7.65. The maximum atomic E-state index is 5.54. The summed E-state index contributed by atoms with van der Waals surface area (Å²) in [6.45, 7) is 1.85. The van der Waals surface area contributed by atoms with Crippen molar-refractivity contribution in [1.82, 2.24) is 9.97 Å². The molecule has 0 fully saturated rings. The van der Waals surface area contributed by atoms with E-state index in [-0.39, 0.29) is 12.0 Å². The normalized spacial score (nSPS) is 13.0. The summed E-state index contributed by atoms with van der Waals surface area (Å²) in [7, 11) is 0. The molecule has 0 spiro atoms. The van der Waals surface area contributed by atoms with Crippen molar-refractivity contribution in [1.29, 1.82) is 0 Å². The Balaban J connectivity index is 2.96. The van der Waals surface area contributed by atoms with E-state index in [1.54, 1.807) is 12.3 Å². The summed E-state index contributed by atoms with van der Waals surface area (Å²) in [5.41, 5.74) is 11.6. The van der Waals surface area contributed by atoms with Crippen LogP contribution in [0.5, 0.6) is 0 Å². The van der Waals surface area contributed by atoms with Crippen molar-refractivity contribution in [2.75, 3.05) is 5.73 Å². The van der Waals surface area contributed by atoms with E-state index in [2.05, 4.69) is 9.97 Å². The molecule has 0 radical (unpaired) electrons. The third-order valence-electron chi connectivity index (χ3n) is 1.16. The number of nitrogens with zero attached hydrogens (tertiary/aromatic N) is 2. The third kappa shape index (κ3) is 1.41. The van der Waals surface area contributed by atoms with Crippen molar-refractivity contribution >= 4 is 5.95 Å². The summed E-state index contributed by atoms with van der Waals surface area (Å²) < 4.78 is 0. The molecule has 4 nitrogen and oxygen atoms in total. The molecule has 1 heterocycles. The maximum absolute atomic E-state index is 5.54. The molecule has 0 amide bonds. The van der Waals surface area contributed by atoms with E-state index < -0.39 is 0 Å². The lowest BCUT2D eigenvalue weighted by atomic mass is 10.2. The van der Waals surface area contributed by atoms with Crippen molar-refractivity contribution in [2.45, 2.75) is 13.0 Å². The Morgan fingerprint density at radius 2 is 2.30 bits per heavy atom. The highest BCUT2D eigenvalue weighted by atomic mass is 15.0. The van der Waals surface area contributed by atoms with Gasteiger partial charge < -0.3 is 11.5 Å². The molecular weight excluding hydrogens is 128 g/mol. The highest BCUT2D eigenvalue weighted by Gasteiger charge is 1.99. The van der Waals surface area contributed by atoms with Crippen LogP contribution in [0.25, 0.3) is 0 Å². The molecule has 1 rings (SSSR count). The molecule has 0 saturated carbocycles. The molecule has 1 unspecified atom stereocenters. The summed E-state index contributed by atoms with van der Waals surface area (Å²) in [5, 5.41) is 0. The van der Waals surface area contributed by atoms with Crippen LogP contribution in [0, 0.1) is 0 Å². The van der Waals surface area contributed by atoms with Gasteiger partial charge in [0.1, 0.15) is 0 Å². The van der Waals surface area contributed by atoms with E-state index in [0.717, 1.165) is 5.69 Å². The molecule has 0 aliphatic heterocycles. The molecule has 10 heavy (non-hydrogen) atoms. The second-order valence-electron chi connectivity index (χ2n) is 2.13. The van der Waals surface area contributed by atoms with E-state index in [0.29, 0.717) is 0 Å². The monoisotopic (exact) mass is 138 g/mol. The molecule has 0 aliphatic rings. The van der Waals surface area contributed by atoms with Gasteiger partial charge in [0.05, 0.1) is 5.69 Å². The molecule has 0 saturated heterocycles. The van der Waals surface area contributed by atoms with E-state index >= 15 is 0 Å². The van der Waals surface area contributed by atoms with Crippen LogP contribution in [0.4, 0.5) is 5.95 Å². The molecule has 1 aromatic heterocycles. The van der Waals surface area contributed by atoms with Crippen LogP contribution in [0.3, 0.4) is 0 Å². The summed E-state index contributed by atoms with van der Waals surface area (Å²) >= 11 is 0. The largest absolute Gasteiger partial charge is 0.368 e. The van der Waals surface area contributed by atoms with Crippen LogP contribution in [-0.2, 0) is 0 Å². The van der Waals surface area contributed by atoms with Crippen LogP contribution in [0.2, 0.25) is 0 Å². The van der Waals surface area contributed by atoms with Gasteiger partial charge in [-0.3, -0.25) is 0 Å². The maximum Gasteiger partial charge on any atom is 0.220 e. The predicted octanol–water partition coefficient (Wildman–Crippen LogP) is 0.0785. The number of rotatable bonds is 1. The quantitative estimate of drug-likeness (QED) is 0.576. The highest BCUT2D eigenvalue weighted by Crippen LogP contribution is 2.04. The topological polar surface area (TPSA) is 77.8 Å². The fourth-order valence-electron chi connectivity index (χ4n) is 0.642. The van der Waals surface area contributed by atoms with Crippen molar-refractivity contribution < 1.29 is 0 Å². The number of nitrogen functional groups attached to an aromatic ring is 1. The first-order valence-corrected chi connectivity index (χ1v) is 3.04. The van der Waals surface area contributed by atoms with Crippen molar-refractivity contribution in [3.8, 4) is 0 Å². The van der Waals surface area contributed by atoms with E-state index in [1.807, 2.05) is 6.92 Å². The zero-order valence-electron chi connectivity index (χ0n) is 5.78. The number of hydrogen-bond acceptors (Lipinski definition) is 4. The molecule has 1 aromatic rings. The number of nitrogens with two attached hydrogens (primary N) is 2. The van der Waals surface area contributed by atoms with Gasteiger partial charge in [-0.05, 0) is 13.0 Å². The van der Waals surface area contributed by atoms with E-state index in [4.69, 9.17) is 11.5 Å². The van der Waals surface area contributed by atoms with Gasteiger partial charge in [-0.25, -0.2) is 9.97 Å². The van der Waals surface area contributed by atoms with Gasteiger partial charge in [-0.2, -0.15) is 0 Å². The van der Waals surface area contributed by atoms with Crippen LogP contribution < -0.4 is 11.5 Å². The first-order chi connectivity index (χ1) is 4.70. The highest BCUT2D eigenvalue weighted by molar-refractivity contribution is 5.18. The fourth-order valence-corrected chi connectivity index (χ4v) is 0.642. The lowest BCUT2D eigenvalue weighted by Gasteiger charge is -2.02. The molecule has 1 atom stereocenters. The molecule has 0 bridgehead atoms. The molecular formula is C6H10N4. The molecule has 0 aromatic carbocycles. The van der Waals surface area contributed by atoms with Gasteiger partial charge in [-0.1, -0.05) is 0 Å². The molecule has 4 heteroatoms. The van der Waals surface area contributed by atoms with Gasteiger partial charge >= 0.3 is 0 Å². The van der Waals surface area contributed by atoms with Crippen molar-refractivity contribution in [2.24, 2.45) is 5.73 Å². The summed E-state index contributed by atoms with van der Waals surface area (Å²) in [6, 6.07) is 1.67. The second-order valence-corrected chi connectivity index (χ2v) is 2.13. The molecule has 54 valence electrons. The van der Waals surface area contributed by atoms with Gasteiger partial charge in [0.2, 0.25) is 5.95 Å². The Morgan fingerprint density at radius 3 is 2.70 bits per heavy atom. The minimum Gasteiger partial charge on any atom is -0.368 e. The number of anilines is 1. The zero-order valence-corrected chi connectivity index (χ0v) is 5.78. The minimum absolute atomic E-state index is 0.0784. The van der Waals surface area contributed by atoms with Crippen molar-refractivity contribution in [3.05, 3.63) is 18.0 Å². The number of aromatic nitrogens is 2. The van der Waals surface area contributed by atoms with Crippen LogP contribution >= 0.6 is 0 Å². The Morgan fingerprint density at radius 1 is 1.60 bits per heavy atom. The van der Waals surface area contributed by atoms with Crippen LogP contribution in [0.1, 0.15) is 18.7 Å². The molecule has 4 N–H and O–H groups in total. The Hall–Kier alpha value is -1.16. The van der Waals surface area contributed by atoms with E-state index in [1.165, 1.54) is 0 Å². The zero-order chi connectivity index (χ0) is 7.56. The Labute approximate surface area is 59.3 Å². The SMILES string of the molecule is CC(N)c1ccnc(N)n1. The van der Waals surface area contributed by atoms with E-state index in [9.17, 15) is 0 Å². The second kappa shape index (κ2) is 2.62. The van der Waals surface area contributed by atoms with Crippen molar-refractivity contribution in [3.63, 3.8) is 0 Å². The smallest absolute Gasteiger partial charge is 0.220 e. The Bertz CT molecular complexity index is 221. The first-order valence-electron chi connectivity index (χ1n) is 3.04. The number of hydrogen-bond donors (Lipinski definition) is 2. The summed E-state index contributed by atoms with van der Waals surface area (Å²) in [6.07, 6.45) is 1.60. The molecule has 0 aliphatic carbocycles. The average molecular weight is 138 g/mol. The summed E-state index contributed by atoms with van der Waals surface area (Å²) in [5.74, 6) is 0.273. The Kier molecular flexibility index (Phi) is 1.82. The standard InChI is InChI=1S/C6H10N4/c1-4(7)5-2-3-9-6(8)10-5/h2-4H,7H2,1H3,(H2,8,9,10). The van der Waals surface area contributed by atoms with Gasteiger partial charge in [0, 0.05) is 12.2 Å². The van der Waals surface area contributed by atoms with Crippen LogP contribution in [0.15, 0.2) is 12.3 Å². The third-order valence-corrected chi connectivity index (χ3v) is 1.16. The van der Waals surface area contributed by atoms with Gasteiger partial charge in [0.15, 0.2) is 0 Å². The average Bonchev–Trinajstić information content (AvgIpc) is 1.88. The predicted molar refractivity (Wildman–Crippen MR) is 39.0 cm³/mol.